The number of hydrogen-bond acceptors (Lipinski definition) is 5. The topological polar surface area (TPSA) is 91.4 Å². The zero-order valence-corrected chi connectivity index (χ0v) is 16.9. The smallest absolute Gasteiger partial charge is 0.323 e. The highest BCUT2D eigenvalue weighted by atomic mass is 32.1. The molecule has 8 heteroatoms. The second-order valence-electron chi connectivity index (χ2n) is 7.70. The summed E-state index contributed by atoms with van der Waals surface area (Å²) in [6.45, 7) is 5.48. The molecule has 7 nitrogen and oxygen atoms in total. The third-order valence-corrected chi connectivity index (χ3v) is 6.16. The van der Waals surface area contributed by atoms with Gasteiger partial charge in [-0.2, -0.15) is 0 Å². The maximum atomic E-state index is 12.6. The number of nitrogens with zero attached hydrogens (tertiary/aromatic N) is 2. The van der Waals surface area contributed by atoms with E-state index in [1.54, 1.807) is 6.92 Å². The number of carbonyl (C=O) groups excluding carboxylic acids is 3. The summed E-state index contributed by atoms with van der Waals surface area (Å²) >= 11 is 1.31. The van der Waals surface area contributed by atoms with E-state index in [0.29, 0.717) is 5.13 Å². The summed E-state index contributed by atoms with van der Waals surface area (Å²) < 4.78 is 0. The molecule has 1 aromatic carbocycles. The summed E-state index contributed by atoms with van der Waals surface area (Å²) in [5.41, 5.74) is 3.21. The van der Waals surface area contributed by atoms with E-state index in [0.717, 1.165) is 34.6 Å². The van der Waals surface area contributed by atoms with Gasteiger partial charge < -0.3 is 10.6 Å². The Morgan fingerprint density at radius 1 is 1.36 bits per heavy atom. The van der Waals surface area contributed by atoms with Crippen molar-refractivity contribution in [2.75, 3.05) is 11.9 Å². The van der Waals surface area contributed by atoms with Crippen LogP contribution in [0.2, 0.25) is 0 Å². The Balaban J connectivity index is 1.43. The average molecular weight is 398 g/mol. The normalized spacial score (nSPS) is 21.8. The van der Waals surface area contributed by atoms with Gasteiger partial charge in [-0.05, 0) is 45.1 Å². The van der Waals surface area contributed by atoms with E-state index in [2.05, 4.69) is 21.7 Å². The predicted octanol–water partition coefficient (Wildman–Crippen LogP) is 3.09. The van der Waals surface area contributed by atoms with Gasteiger partial charge in [-0.1, -0.05) is 23.8 Å². The number of urea groups is 1. The second kappa shape index (κ2) is 6.70. The molecule has 2 N–H and O–H groups in total. The highest BCUT2D eigenvalue weighted by Crippen LogP contribution is 2.42. The molecule has 2 aliphatic rings. The van der Waals surface area contributed by atoms with E-state index >= 15 is 0 Å². The number of thiazole rings is 1. The fourth-order valence-electron chi connectivity index (χ4n) is 3.65. The first-order valence-corrected chi connectivity index (χ1v) is 10.1. The molecule has 1 unspecified atom stereocenters. The van der Waals surface area contributed by atoms with E-state index in [-0.39, 0.29) is 18.4 Å². The summed E-state index contributed by atoms with van der Waals surface area (Å²) in [4.78, 5) is 42.6. The average Bonchev–Trinajstić information content (AvgIpc) is 3.36. The lowest BCUT2D eigenvalue weighted by Crippen LogP contribution is -2.46. The first kappa shape index (κ1) is 18.6. The van der Waals surface area contributed by atoms with Crippen molar-refractivity contribution in [1.29, 1.82) is 0 Å². The number of amides is 4. The summed E-state index contributed by atoms with van der Waals surface area (Å²) in [7, 11) is 0. The molecule has 0 spiro atoms. The molecule has 0 radical (unpaired) electrons. The quantitative estimate of drug-likeness (QED) is 0.757. The van der Waals surface area contributed by atoms with Crippen LogP contribution in [0.5, 0.6) is 0 Å². The molecular formula is C20H22N4O3S. The third-order valence-electron chi connectivity index (χ3n) is 5.41. The molecule has 1 saturated heterocycles. The molecule has 2 heterocycles. The predicted molar refractivity (Wildman–Crippen MR) is 107 cm³/mol. The lowest BCUT2D eigenvalue weighted by molar-refractivity contribution is -0.134. The van der Waals surface area contributed by atoms with Crippen molar-refractivity contribution < 1.29 is 14.4 Å². The van der Waals surface area contributed by atoms with Crippen molar-refractivity contribution in [3.63, 3.8) is 0 Å². The van der Waals surface area contributed by atoms with Gasteiger partial charge in [0.2, 0.25) is 5.91 Å². The van der Waals surface area contributed by atoms with Crippen LogP contribution in [0.15, 0.2) is 23.6 Å². The molecule has 4 amide bonds. The van der Waals surface area contributed by atoms with E-state index in [1.165, 1.54) is 16.9 Å². The first-order valence-electron chi connectivity index (χ1n) is 9.25. The van der Waals surface area contributed by atoms with Crippen molar-refractivity contribution in [1.82, 2.24) is 15.2 Å². The molecule has 4 rings (SSSR count). The summed E-state index contributed by atoms with van der Waals surface area (Å²) in [5.74, 6) is -0.605. The lowest BCUT2D eigenvalue weighted by Gasteiger charge is -2.20. The Kier molecular flexibility index (Phi) is 4.45. The van der Waals surface area contributed by atoms with Gasteiger partial charge in [0, 0.05) is 10.9 Å². The molecule has 1 atom stereocenters. The van der Waals surface area contributed by atoms with E-state index in [9.17, 15) is 14.4 Å². The molecule has 1 aliphatic heterocycles. The fraction of sp³-hybridized carbons (Fsp3) is 0.400. The van der Waals surface area contributed by atoms with Gasteiger partial charge in [0.1, 0.15) is 12.1 Å². The van der Waals surface area contributed by atoms with Crippen molar-refractivity contribution in [3.8, 4) is 11.3 Å². The molecule has 2 aromatic rings. The Morgan fingerprint density at radius 2 is 2.11 bits per heavy atom. The van der Waals surface area contributed by atoms with Gasteiger partial charge in [-0.3, -0.25) is 14.5 Å². The van der Waals surface area contributed by atoms with Gasteiger partial charge in [0.25, 0.3) is 5.91 Å². The standard InChI is InChI=1S/C20H22N4O3S/c1-11-4-7-14(12(2)8-11)15-10-28-18(21-15)22-16(25)9-24-17(26)20(3,13-5-6-13)23-19(24)27/h4,7-8,10,13H,5-6,9H2,1-3H3,(H,23,27)(H,21,22,25). The highest BCUT2D eigenvalue weighted by molar-refractivity contribution is 7.14. The zero-order chi connectivity index (χ0) is 20.1. The molecule has 28 heavy (non-hydrogen) atoms. The number of aryl methyl sites for hydroxylation is 2. The summed E-state index contributed by atoms with van der Waals surface area (Å²) in [6, 6.07) is 5.61. The van der Waals surface area contributed by atoms with Crippen LogP contribution in [-0.4, -0.2) is 39.8 Å². The number of rotatable bonds is 5. The number of imide groups is 1. The molecule has 1 aliphatic carbocycles. The van der Waals surface area contributed by atoms with Gasteiger partial charge >= 0.3 is 6.03 Å². The minimum Gasteiger partial charge on any atom is -0.323 e. The molecule has 146 valence electrons. The number of benzene rings is 1. The first-order chi connectivity index (χ1) is 13.3. The van der Waals surface area contributed by atoms with Gasteiger partial charge in [0.15, 0.2) is 5.13 Å². The second-order valence-corrected chi connectivity index (χ2v) is 8.56. The van der Waals surface area contributed by atoms with Crippen molar-refractivity contribution in [2.24, 2.45) is 5.92 Å². The van der Waals surface area contributed by atoms with Gasteiger partial charge in [0.05, 0.1) is 5.69 Å². The van der Waals surface area contributed by atoms with Crippen LogP contribution >= 0.6 is 11.3 Å². The summed E-state index contributed by atoms with van der Waals surface area (Å²) in [6.07, 6.45) is 1.84. The van der Waals surface area contributed by atoms with Gasteiger partial charge in [-0.25, -0.2) is 9.78 Å². The van der Waals surface area contributed by atoms with Crippen LogP contribution in [0.1, 0.15) is 30.9 Å². The maximum absolute atomic E-state index is 12.6. The Labute approximate surface area is 167 Å². The SMILES string of the molecule is Cc1ccc(-c2csc(NC(=O)CN3C(=O)NC(C)(C4CC4)C3=O)n2)c(C)c1. The number of anilines is 1. The van der Waals surface area contributed by atoms with E-state index in [4.69, 9.17) is 0 Å². The molecule has 2 fully saturated rings. The number of nitrogens with one attached hydrogen (secondary N) is 2. The van der Waals surface area contributed by atoms with Crippen LogP contribution in [-0.2, 0) is 9.59 Å². The lowest BCUT2D eigenvalue weighted by atomic mass is 9.96. The van der Waals surface area contributed by atoms with Crippen LogP contribution in [0, 0.1) is 19.8 Å². The zero-order valence-electron chi connectivity index (χ0n) is 16.0. The summed E-state index contributed by atoms with van der Waals surface area (Å²) in [5, 5.41) is 7.76. The molecule has 1 saturated carbocycles. The molecule has 0 bridgehead atoms. The third kappa shape index (κ3) is 3.28. The maximum Gasteiger partial charge on any atom is 0.325 e. The van der Waals surface area contributed by atoms with Crippen LogP contribution < -0.4 is 10.6 Å². The Morgan fingerprint density at radius 3 is 2.79 bits per heavy atom. The Bertz CT molecular complexity index is 982. The minimum atomic E-state index is -0.880. The highest BCUT2D eigenvalue weighted by Gasteiger charge is 2.56. The van der Waals surface area contributed by atoms with E-state index in [1.807, 2.05) is 31.4 Å². The Hall–Kier alpha value is -2.74. The van der Waals surface area contributed by atoms with Crippen molar-refractivity contribution in [2.45, 2.75) is 39.2 Å². The van der Waals surface area contributed by atoms with Crippen LogP contribution in [0.3, 0.4) is 0 Å². The monoisotopic (exact) mass is 398 g/mol. The minimum absolute atomic E-state index is 0.163. The number of aromatic nitrogens is 1. The van der Waals surface area contributed by atoms with Crippen molar-refractivity contribution in [3.05, 3.63) is 34.7 Å². The molecule has 1 aromatic heterocycles. The van der Waals surface area contributed by atoms with Crippen LogP contribution in [0.4, 0.5) is 9.93 Å². The van der Waals surface area contributed by atoms with Crippen molar-refractivity contribution >= 4 is 34.3 Å². The van der Waals surface area contributed by atoms with Gasteiger partial charge in [-0.15, -0.1) is 11.3 Å². The largest absolute Gasteiger partial charge is 0.325 e. The fourth-order valence-corrected chi connectivity index (χ4v) is 4.38. The van der Waals surface area contributed by atoms with Crippen LogP contribution in [0.25, 0.3) is 11.3 Å². The number of carbonyl (C=O) groups is 3. The van der Waals surface area contributed by atoms with E-state index < -0.39 is 17.5 Å². The number of hydrogen-bond donors (Lipinski definition) is 2. The molecular weight excluding hydrogens is 376 g/mol.